The molecule has 1 aromatic heterocycles. The molecule has 0 spiro atoms. The summed E-state index contributed by atoms with van der Waals surface area (Å²) >= 11 is 5.93. The first-order chi connectivity index (χ1) is 7.65. The van der Waals surface area contributed by atoms with Gasteiger partial charge >= 0.3 is 0 Å². The summed E-state index contributed by atoms with van der Waals surface area (Å²) in [6.07, 6.45) is 4.16. The molecule has 0 fully saturated rings. The van der Waals surface area contributed by atoms with Gasteiger partial charge in [-0.1, -0.05) is 13.3 Å². The normalized spacial score (nSPS) is 12.2. The van der Waals surface area contributed by atoms with E-state index in [1.807, 2.05) is 6.92 Å². The third-order valence-corrected chi connectivity index (χ3v) is 2.48. The number of amides is 1. The SMILES string of the molecule is CCCC(Cl)CNC(=O)c1ccncc1F. The Morgan fingerprint density at radius 1 is 1.69 bits per heavy atom. The topological polar surface area (TPSA) is 42.0 Å². The van der Waals surface area contributed by atoms with Crippen molar-refractivity contribution in [3.63, 3.8) is 0 Å². The van der Waals surface area contributed by atoms with Crippen molar-refractivity contribution in [2.45, 2.75) is 25.1 Å². The second kappa shape index (κ2) is 6.43. The standard InChI is InChI=1S/C11H14ClFN2O/c1-2-3-8(12)6-15-11(16)9-4-5-14-7-10(9)13/h4-5,7-8H,2-3,6H2,1H3,(H,15,16). The molecule has 1 N–H and O–H groups in total. The number of carbonyl (C=O) groups is 1. The number of nitrogens with zero attached hydrogens (tertiary/aromatic N) is 1. The molecule has 0 radical (unpaired) electrons. The fourth-order valence-electron chi connectivity index (χ4n) is 1.27. The molecule has 5 heteroatoms. The van der Waals surface area contributed by atoms with Crippen LogP contribution in [-0.4, -0.2) is 22.8 Å². The monoisotopic (exact) mass is 244 g/mol. The van der Waals surface area contributed by atoms with E-state index in [1.54, 1.807) is 0 Å². The van der Waals surface area contributed by atoms with Crippen molar-refractivity contribution in [2.24, 2.45) is 0 Å². The van der Waals surface area contributed by atoms with Gasteiger partial charge in [0.05, 0.1) is 17.1 Å². The van der Waals surface area contributed by atoms with Crippen LogP contribution in [0.2, 0.25) is 0 Å². The van der Waals surface area contributed by atoms with Crippen molar-refractivity contribution in [3.05, 3.63) is 29.8 Å². The molecule has 0 aliphatic heterocycles. The maximum absolute atomic E-state index is 13.2. The molecule has 1 atom stereocenters. The first kappa shape index (κ1) is 12.9. The number of aromatic nitrogens is 1. The first-order valence-corrected chi connectivity index (χ1v) is 5.60. The van der Waals surface area contributed by atoms with Crippen LogP contribution < -0.4 is 5.32 Å². The number of hydrogen-bond donors (Lipinski definition) is 1. The van der Waals surface area contributed by atoms with Crippen molar-refractivity contribution in [3.8, 4) is 0 Å². The van der Waals surface area contributed by atoms with Crippen molar-refractivity contribution >= 4 is 17.5 Å². The summed E-state index contributed by atoms with van der Waals surface area (Å²) in [5, 5.41) is 2.47. The van der Waals surface area contributed by atoms with Crippen LogP contribution in [0, 0.1) is 5.82 Å². The van der Waals surface area contributed by atoms with Crippen LogP contribution in [-0.2, 0) is 0 Å². The molecule has 1 rings (SSSR count). The highest BCUT2D eigenvalue weighted by Gasteiger charge is 2.12. The Labute approximate surface area is 99.0 Å². The predicted molar refractivity (Wildman–Crippen MR) is 61.1 cm³/mol. The number of hydrogen-bond acceptors (Lipinski definition) is 2. The van der Waals surface area contributed by atoms with Gasteiger partial charge in [-0.15, -0.1) is 11.6 Å². The van der Waals surface area contributed by atoms with E-state index in [1.165, 1.54) is 12.3 Å². The molecule has 1 heterocycles. The second-order valence-corrected chi connectivity index (χ2v) is 4.07. The van der Waals surface area contributed by atoms with E-state index in [0.717, 1.165) is 19.0 Å². The predicted octanol–water partition coefficient (Wildman–Crippen LogP) is 2.36. The highest BCUT2D eigenvalue weighted by atomic mass is 35.5. The molecule has 0 aromatic carbocycles. The van der Waals surface area contributed by atoms with Crippen LogP contribution in [0.3, 0.4) is 0 Å². The number of carbonyl (C=O) groups excluding carboxylic acids is 1. The van der Waals surface area contributed by atoms with Crippen LogP contribution in [0.15, 0.2) is 18.5 Å². The number of pyridine rings is 1. The average Bonchev–Trinajstić information content (AvgIpc) is 2.27. The van der Waals surface area contributed by atoms with Crippen LogP contribution in [0.5, 0.6) is 0 Å². The van der Waals surface area contributed by atoms with Gasteiger partial charge in [0.15, 0.2) is 5.82 Å². The van der Waals surface area contributed by atoms with Gasteiger partial charge in [-0.2, -0.15) is 0 Å². The highest BCUT2D eigenvalue weighted by Crippen LogP contribution is 2.06. The van der Waals surface area contributed by atoms with Gasteiger partial charge in [0.25, 0.3) is 5.91 Å². The van der Waals surface area contributed by atoms with Gasteiger partial charge < -0.3 is 5.32 Å². The summed E-state index contributed by atoms with van der Waals surface area (Å²) in [4.78, 5) is 15.1. The van der Waals surface area contributed by atoms with Gasteiger partial charge in [0.1, 0.15) is 0 Å². The lowest BCUT2D eigenvalue weighted by Gasteiger charge is -2.09. The fraction of sp³-hybridized carbons (Fsp3) is 0.455. The summed E-state index contributed by atoms with van der Waals surface area (Å²) in [5.74, 6) is -1.08. The molecule has 0 bridgehead atoms. The molecule has 0 saturated carbocycles. The number of alkyl halides is 1. The summed E-state index contributed by atoms with van der Waals surface area (Å²) in [6.45, 7) is 2.36. The van der Waals surface area contributed by atoms with Crippen LogP contribution in [0.25, 0.3) is 0 Å². The average molecular weight is 245 g/mol. The number of rotatable bonds is 5. The molecular weight excluding hydrogens is 231 g/mol. The maximum atomic E-state index is 13.2. The number of nitrogens with one attached hydrogen (secondary N) is 1. The Balaban J connectivity index is 2.50. The van der Waals surface area contributed by atoms with E-state index >= 15 is 0 Å². The van der Waals surface area contributed by atoms with Crippen LogP contribution in [0.4, 0.5) is 4.39 Å². The molecule has 16 heavy (non-hydrogen) atoms. The van der Waals surface area contributed by atoms with Crippen molar-refractivity contribution < 1.29 is 9.18 Å². The maximum Gasteiger partial charge on any atom is 0.254 e. The zero-order valence-corrected chi connectivity index (χ0v) is 9.80. The Hall–Kier alpha value is -1.16. The van der Waals surface area contributed by atoms with Crippen LogP contribution >= 0.6 is 11.6 Å². The highest BCUT2D eigenvalue weighted by molar-refractivity contribution is 6.20. The van der Waals surface area contributed by atoms with Gasteiger partial charge in [0.2, 0.25) is 0 Å². The molecule has 1 amide bonds. The van der Waals surface area contributed by atoms with E-state index < -0.39 is 11.7 Å². The summed E-state index contributed by atoms with van der Waals surface area (Å²) in [7, 11) is 0. The lowest BCUT2D eigenvalue weighted by Crippen LogP contribution is -2.30. The molecule has 1 unspecified atom stereocenters. The van der Waals surface area contributed by atoms with Crippen LogP contribution in [0.1, 0.15) is 30.1 Å². The Kier molecular flexibility index (Phi) is 5.19. The zero-order valence-electron chi connectivity index (χ0n) is 9.04. The summed E-state index contributed by atoms with van der Waals surface area (Å²) in [5.41, 5.74) is -0.00429. The molecular formula is C11H14ClFN2O. The molecule has 0 aliphatic carbocycles. The Morgan fingerprint density at radius 3 is 3.06 bits per heavy atom. The second-order valence-electron chi connectivity index (χ2n) is 3.45. The number of halogens is 2. The van der Waals surface area contributed by atoms with Gasteiger partial charge in [0, 0.05) is 12.7 Å². The van der Waals surface area contributed by atoms with Crippen molar-refractivity contribution in [1.82, 2.24) is 10.3 Å². The van der Waals surface area contributed by atoms with Gasteiger partial charge in [-0.25, -0.2) is 4.39 Å². The largest absolute Gasteiger partial charge is 0.350 e. The summed E-state index contributed by atoms with van der Waals surface area (Å²) < 4.78 is 13.2. The lowest BCUT2D eigenvalue weighted by atomic mass is 10.2. The quantitative estimate of drug-likeness (QED) is 0.808. The minimum absolute atomic E-state index is 0.00429. The minimum atomic E-state index is -0.624. The molecule has 0 saturated heterocycles. The third-order valence-electron chi connectivity index (χ3n) is 2.10. The summed E-state index contributed by atoms with van der Waals surface area (Å²) in [6, 6.07) is 1.34. The van der Waals surface area contributed by atoms with E-state index in [0.29, 0.717) is 6.54 Å². The molecule has 3 nitrogen and oxygen atoms in total. The van der Waals surface area contributed by atoms with Crippen molar-refractivity contribution in [1.29, 1.82) is 0 Å². The Morgan fingerprint density at radius 2 is 2.44 bits per heavy atom. The Bertz CT molecular complexity index is 360. The van der Waals surface area contributed by atoms with Gasteiger partial charge in [-0.05, 0) is 12.5 Å². The fourth-order valence-corrected chi connectivity index (χ4v) is 1.57. The van der Waals surface area contributed by atoms with Gasteiger partial charge in [-0.3, -0.25) is 9.78 Å². The van der Waals surface area contributed by atoms with E-state index in [2.05, 4.69) is 10.3 Å². The van der Waals surface area contributed by atoms with E-state index in [9.17, 15) is 9.18 Å². The lowest BCUT2D eigenvalue weighted by molar-refractivity contribution is 0.0949. The van der Waals surface area contributed by atoms with Crippen molar-refractivity contribution in [2.75, 3.05) is 6.54 Å². The molecule has 1 aromatic rings. The zero-order chi connectivity index (χ0) is 12.0. The van der Waals surface area contributed by atoms with E-state index in [-0.39, 0.29) is 10.9 Å². The third kappa shape index (κ3) is 3.77. The molecule has 88 valence electrons. The molecule has 0 aliphatic rings. The first-order valence-electron chi connectivity index (χ1n) is 5.17. The smallest absolute Gasteiger partial charge is 0.254 e. The minimum Gasteiger partial charge on any atom is -0.350 e. The van der Waals surface area contributed by atoms with E-state index in [4.69, 9.17) is 11.6 Å².